The van der Waals surface area contributed by atoms with Gasteiger partial charge < -0.3 is 0 Å². The van der Waals surface area contributed by atoms with Gasteiger partial charge in [-0.2, -0.15) is 0 Å². The monoisotopic (exact) mass is 269 g/mol. The van der Waals surface area contributed by atoms with E-state index in [0.717, 1.165) is 0 Å². The molecule has 108 valence electrons. The van der Waals surface area contributed by atoms with Crippen molar-refractivity contribution in [2.24, 2.45) is 0 Å². The van der Waals surface area contributed by atoms with Crippen LogP contribution in [0.25, 0.3) is 0 Å². The number of hydrogen-bond donors (Lipinski definition) is 0. The Balaban J connectivity index is 4.49. The van der Waals surface area contributed by atoms with E-state index in [0.29, 0.717) is 0 Å². The van der Waals surface area contributed by atoms with Gasteiger partial charge in [0.2, 0.25) is 0 Å². The molecule has 0 bridgehead atoms. The first kappa shape index (κ1) is 17.9. The van der Waals surface area contributed by atoms with Crippen LogP contribution in [0, 0.1) is 0 Å². The van der Waals surface area contributed by atoms with Crippen molar-refractivity contribution in [1.29, 1.82) is 0 Å². The summed E-state index contributed by atoms with van der Waals surface area (Å²) in [7, 11) is -1.10. The normalized spacial score (nSPS) is 14.8. The van der Waals surface area contributed by atoms with E-state index in [1.807, 2.05) is 0 Å². The fourth-order valence-electron chi connectivity index (χ4n) is 2.90. The van der Waals surface area contributed by atoms with E-state index in [1.165, 1.54) is 19.0 Å². The Hall–Kier alpha value is -0.0831. The Morgan fingerprint density at radius 1 is 0.944 bits per heavy atom. The fraction of sp³-hybridized carbons (Fsp3) is 0.875. The number of allylic oxidation sites excluding steroid dienone is 1. The minimum absolute atomic E-state index is 0.255. The van der Waals surface area contributed by atoms with Gasteiger partial charge >= 0.3 is 0 Å². The molecule has 2 heteroatoms. The molecule has 0 fully saturated rings. The van der Waals surface area contributed by atoms with Crippen molar-refractivity contribution >= 4 is 8.07 Å². The van der Waals surface area contributed by atoms with E-state index < -0.39 is 8.07 Å². The molecule has 0 saturated carbocycles. The zero-order chi connectivity index (χ0) is 14.6. The zero-order valence-electron chi connectivity index (χ0n) is 14.2. The lowest BCUT2D eigenvalue weighted by Crippen LogP contribution is -2.53. The predicted molar refractivity (Wildman–Crippen MR) is 87.9 cm³/mol. The molecule has 0 unspecified atom stereocenters. The van der Waals surface area contributed by atoms with Crippen molar-refractivity contribution < 1.29 is 0 Å². The molecule has 0 spiro atoms. The van der Waals surface area contributed by atoms with E-state index in [2.05, 4.69) is 78.2 Å². The van der Waals surface area contributed by atoms with Crippen molar-refractivity contribution in [3.8, 4) is 0 Å². The molecule has 18 heavy (non-hydrogen) atoms. The lowest BCUT2D eigenvalue weighted by atomic mass is 9.96. The third-order valence-corrected chi connectivity index (χ3v) is 6.32. The van der Waals surface area contributed by atoms with Crippen LogP contribution in [-0.4, -0.2) is 30.6 Å². The first-order valence-corrected chi connectivity index (χ1v) is 10.6. The van der Waals surface area contributed by atoms with Crippen LogP contribution >= 0.6 is 0 Å². The van der Waals surface area contributed by atoms with Crippen molar-refractivity contribution in [2.75, 3.05) is 6.54 Å². The van der Waals surface area contributed by atoms with Crippen LogP contribution < -0.4 is 0 Å². The number of rotatable bonds is 5. The van der Waals surface area contributed by atoms with Crippen LogP contribution in [0.5, 0.6) is 0 Å². The molecule has 1 nitrogen and oxygen atoms in total. The van der Waals surface area contributed by atoms with E-state index in [1.54, 1.807) is 0 Å². The van der Waals surface area contributed by atoms with E-state index in [4.69, 9.17) is 0 Å². The van der Waals surface area contributed by atoms with Crippen LogP contribution in [0.15, 0.2) is 11.8 Å². The van der Waals surface area contributed by atoms with E-state index in [9.17, 15) is 0 Å². The molecular weight excluding hydrogens is 234 g/mol. The Labute approximate surface area is 117 Å². The number of nitrogens with zero attached hydrogens (tertiary/aromatic N) is 1. The molecule has 0 amide bonds. The second-order valence-electron chi connectivity index (χ2n) is 8.09. The third kappa shape index (κ3) is 6.74. The summed E-state index contributed by atoms with van der Waals surface area (Å²) < 4.78 is 0. The lowest BCUT2D eigenvalue weighted by molar-refractivity contribution is 0.0386. The van der Waals surface area contributed by atoms with Crippen LogP contribution in [0.4, 0.5) is 0 Å². The minimum Gasteiger partial charge on any atom is -0.294 e. The molecule has 0 aliphatic carbocycles. The van der Waals surface area contributed by atoms with E-state index >= 15 is 0 Å². The van der Waals surface area contributed by atoms with Gasteiger partial charge in [-0.1, -0.05) is 30.9 Å². The molecule has 0 saturated heterocycles. The quantitative estimate of drug-likeness (QED) is 0.628. The smallest absolute Gasteiger partial charge is 0.0713 e. The summed E-state index contributed by atoms with van der Waals surface area (Å²) >= 11 is 0. The van der Waals surface area contributed by atoms with Crippen LogP contribution in [0.2, 0.25) is 19.1 Å². The predicted octanol–water partition coefficient (Wildman–Crippen LogP) is 5.10. The maximum absolute atomic E-state index is 2.64. The topological polar surface area (TPSA) is 3.24 Å². The van der Waals surface area contributed by atoms with Gasteiger partial charge in [-0.25, -0.2) is 0 Å². The highest BCUT2D eigenvalue weighted by molar-refractivity contribution is 6.82. The molecule has 0 aliphatic heterocycles. The van der Waals surface area contributed by atoms with Gasteiger partial charge in [0.25, 0.3) is 0 Å². The Kier molecular flexibility index (Phi) is 6.35. The largest absolute Gasteiger partial charge is 0.294 e. The summed E-state index contributed by atoms with van der Waals surface area (Å²) in [5, 5.41) is 0. The summed E-state index contributed by atoms with van der Waals surface area (Å²) in [5.74, 6) is 0. The zero-order valence-corrected chi connectivity index (χ0v) is 15.2. The highest BCUT2D eigenvalue weighted by atomic mass is 28.3. The Morgan fingerprint density at radius 3 is 1.72 bits per heavy atom. The highest BCUT2D eigenvalue weighted by Crippen LogP contribution is 2.26. The molecule has 0 aromatic rings. The summed E-state index contributed by atoms with van der Waals surface area (Å²) in [6.07, 6.45) is 3.55. The molecule has 0 atom stereocenters. The standard InChI is InChI=1S/C16H35NSi/c1-10-13-18(8,9)14-11-12-17(15(2,3)4)16(5,6)7/h10,13H,11-12,14H2,1-9H3. The molecule has 0 aromatic heterocycles. The van der Waals surface area contributed by atoms with Crippen LogP contribution in [-0.2, 0) is 0 Å². The minimum atomic E-state index is -1.10. The molecule has 0 rings (SSSR count). The van der Waals surface area contributed by atoms with E-state index in [-0.39, 0.29) is 11.1 Å². The van der Waals surface area contributed by atoms with Gasteiger partial charge in [0.1, 0.15) is 0 Å². The van der Waals surface area contributed by atoms with Crippen LogP contribution in [0.3, 0.4) is 0 Å². The number of hydrogen-bond acceptors (Lipinski definition) is 1. The van der Waals surface area contributed by atoms with Crippen molar-refractivity contribution in [1.82, 2.24) is 4.90 Å². The summed E-state index contributed by atoms with van der Waals surface area (Å²) in [5.41, 5.74) is 2.97. The summed E-state index contributed by atoms with van der Waals surface area (Å²) in [4.78, 5) is 2.64. The first-order valence-electron chi connectivity index (χ1n) is 7.32. The van der Waals surface area contributed by atoms with Gasteiger partial charge in [0, 0.05) is 11.1 Å². The van der Waals surface area contributed by atoms with Gasteiger partial charge in [-0.3, -0.25) is 4.90 Å². The van der Waals surface area contributed by atoms with Crippen molar-refractivity contribution in [2.45, 2.75) is 85.1 Å². The lowest BCUT2D eigenvalue weighted by Gasteiger charge is -2.45. The summed E-state index contributed by atoms with van der Waals surface area (Å²) in [6.45, 7) is 22.2. The molecule has 0 radical (unpaired) electrons. The second kappa shape index (κ2) is 6.38. The average molecular weight is 270 g/mol. The van der Waals surface area contributed by atoms with Crippen molar-refractivity contribution in [3.05, 3.63) is 11.8 Å². The Bertz CT molecular complexity index is 252. The van der Waals surface area contributed by atoms with Crippen molar-refractivity contribution in [3.63, 3.8) is 0 Å². The third-order valence-electron chi connectivity index (χ3n) is 3.44. The molecule has 0 heterocycles. The maximum atomic E-state index is 2.64. The fourth-order valence-corrected chi connectivity index (χ4v) is 5.04. The molecule has 0 aromatic carbocycles. The average Bonchev–Trinajstić information content (AvgIpc) is 2.07. The van der Waals surface area contributed by atoms with Gasteiger partial charge in [0.05, 0.1) is 8.07 Å². The SMILES string of the molecule is CC=C[Si](C)(C)CCCN(C(C)(C)C)C(C)(C)C. The van der Waals surface area contributed by atoms with Crippen LogP contribution in [0.1, 0.15) is 54.9 Å². The Morgan fingerprint density at radius 2 is 1.39 bits per heavy atom. The molecular formula is C16H35NSi. The maximum Gasteiger partial charge on any atom is 0.0713 e. The highest BCUT2D eigenvalue weighted by Gasteiger charge is 2.31. The molecule has 0 aliphatic rings. The summed E-state index contributed by atoms with van der Waals surface area (Å²) in [6, 6.07) is 1.39. The van der Waals surface area contributed by atoms with Gasteiger partial charge in [-0.05, 0) is 61.4 Å². The van der Waals surface area contributed by atoms with Gasteiger partial charge in [-0.15, -0.1) is 0 Å². The van der Waals surface area contributed by atoms with Gasteiger partial charge in [0.15, 0.2) is 0 Å². The second-order valence-corrected chi connectivity index (χ2v) is 12.9. The first-order chi connectivity index (χ1) is 7.90. The molecule has 0 N–H and O–H groups in total.